The molecule has 6 heteroatoms. The van der Waals surface area contributed by atoms with Crippen molar-refractivity contribution in [1.82, 2.24) is 0 Å². The number of rotatable bonds is 3. The van der Waals surface area contributed by atoms with E-state index >= 15 is 0 Å². The highest BCUT2D eigenvalue weighted by Crippen LogP contribution is 2.47. The number of amides is 2. The number of carbonyl (C=O) groups is 2. The number of hydrogen-bond donors (Lipinski definition) is 0. The predicted molar refractivity (Wildman–Crippen MR) is 118 cm³/mol. The molecule has 5 rings (SSSR count). The zero-order valence-electron chi connectivity index (χ0n) is 16.2. The van der Waals surface area contributed by atoms with Crippen molar-refractivity contribution in [2.24, 2.45) is 5.92 Å². The van der Waals surface area contributed by atoms with E-state index in [9.17, 15) is 9.59 Å². The van der Waals surface area contributed by atoms with Gasteiger partial charge in [0.05, 0.1) is 17.4 Å². The van der Waals surface area contributed by atoms with E-state index in [1.807, 2.05) is 73.7 Å². The molecule has 0 aromatic heterocycles. The van der Waals surface area contributed by atoms with Crippen LogP contribution in [0.3, 0.4) is 0 Å². The first-order valence-corrected chi connectivity index (χ1v) is 10.5. The number of benzene rings is 3. The molecule has 3 atom stereocenters. The van der Waals surface area contributed by atoms with E-state index in [0.717, 1.165) is 21.3 Å². The standard InChI is InChI=1S/C24H19BrN2O3/c1-15-7-9-16(10-8-15)21-20-22(30-27(21)19-5-3-2-4-6-19)24(29)26(23(20)28)18-13-11-17(25)12-14-18/h2-14,20-22H,1H3/t20-,21-,22+/m0/s1. The fourth-order valence-electron chi connectivity index (χ4n) is 4.16. The summed E-state index contributed by atoms with van der Waals surface area (Å²) in [7, 11) is 0. The van der Waals surface area contributed by atoms with Crippen molar-refractivity contribution in [3.63, 3.8) is 0 Å². The second kappa shape index (κ2) is 7.38. The highest BCUT2D eigenvalue weighted by atomic mass is 79.9. The van der Waals surface area contributed by atoms with Crippen LogP contribution in [0, 0.1) is 12.8 Å². The van der Waals surface area contributed by atoms with E-state index in [2.05, 4.69) is 15.9 Å². The van der Waals surface area contributed by atoms with Gasteiger partial charge in [-0.15, -0.1) is 0 Å². The van der Waals surface area contributed by atoms with Crippen LogP contribution in [0.4, 0.5) is 11.4 Å². The Labute approximate surface area is 183 Å². The summed E-state index contributed by atoms with van der Waals surface area (Å²) in [6, 6.07) is 24.4. The van der Waals surface area contributed by atoms with Gasteiger partial charge < -0.3 is 0 Å². The van der Waals surface area contributed by atoms with E-state index in [0.29, 0.717) is 5.69 Å². The van der Waals surface area contributed by atoms with Crippen molar-refractivity contribution in [3.8, 4) is 0 Å². The van der Waals surface area contributed by atoms with E-state index in [1.165, 1.54) is 4.90 Å². The summed E-state index contributed by atoms with van der Waals surface area (Å²) in [4.78, 5) is 34.1. The quantitative estimate of drug-likeness (QED) is 0.524. The number of hydroxylamine groups is 1. The Bertz CT molecular complexity index is 1100. The van der Waals surface area contributed by atoms with Gasteiger partial charge in [0, 0.05) is 4.47 Å². The monoisotopic (exact) mass is 462 g/mol. The number of aryl methyl sites for hydroxylation is 1. The molecule has 0 radical (unpaired) electrons. The van der Waals surface area contributed by atoms with Crippen molar-refractivity contribution < 1.29 is 14.4 Å². The minimum Gasteiger partial charge on any atom is -0.273 e. The maximum atomic E-state index is 13.5. The van der Waals surface area contributed by atoms with Gasteiger partial charge in [0.2, 0.25) is 5.91 Å². The number of anilines is 2. The summed E-state index contributed by atoms with van der Waals surface area (Å²) >= 11 is 3.39. The van der Waals surface area contributed by atoms with Gasteiger partial charge >= 0.3 is 0 Å². The maximum Gasteiger partial charge on any atom is 0.266 e. The Morgan fingerprint density at radius 2 is 1.47 bits per heavy atom. The smallest absolute Gasteiger partial charge is 0.266 e. The molecule has 3 aromatic carbocycles. The molecule has 150 valence electrons. The zero-order chi connectivity index (χ0) is 20.8. The first-order valence-electron chi connectivity index (χ1n) is 9.75. The average molecular weight is 463 g/mol. The minimum atomic E-state index is -0.854. The molecule has 0 N–H and O–H groups in total. The van der Waals surface area contributed by atoms with E-state index in [-0.39, 0.29) is 11.8 Å². The summed E-state index contributed by atoms with van der Waals surface area (Å²) in [6.07, 6.45) is -0.854. The van der Waals surface area contributed by atoms with Gasteiger partial charge in [-0.1, -0.05) is 64.0 Å². The molecule has 30 heavy (non-hydrogen) atoms. The molecule has 2 amide bonds. The van der Waals surface area contributed by atoms with Gasteiger partial charge in [-0.2, -0.15) is 0 Å². The number of halogens is 1. The number of hydrogen-bond acceptors (Lipinski definition) is 4. The van der Waals surface area contributed by atoms with Crippen molar-refractivity contribution in [1.29, 1.82) is 0 Å². The van der Waals surface area contributed by atoms with E-state index < -0.39 is 18.1 Å². The predicted octanol–water partition coefficient (Wildman–Crippen LogP) is 4.81. The molecule has 0 spiro atoms. The summed E-state index contributed by atoms with van der Waals surface area (Å²) in [5.41, 5.74) is 3.44. The molecule has 0 unspecified atom stereocenters. The number of fused-ring (bicyclic) bond motifs is 1. The van der Waals surface area contributed by atoms with Gasteiger partial charge in [0.15, 0.2) is 6.10 Å². The van der Waals surface area contributed by atoms with Crippen LogP contribution in [0.2, 0.25) is 0 Å². The molecule has 2 fully saturated rings. The first-order chi connectivity index (χ1) is 14.5. The summed E-state index contributed by atoms with van der Waals surface area (Å²) in [5.74, 6) is -1.19. The van der Waals surface area contributed by atoms with Crippen molar-refractivity contribution in [2.75, 3.05) is 9.96 Å². The van der Waals surface area contributed by atoms with Crippen LogP contribution in [0.25, 0.3) is 0 Å². The van der Waals surface area contributed by atoms with Crippen LogP contribution in [0.1, 0.15) is 17.2 Å². The average Bonchev–Trinajstić information content (AvgIpc) is 3.27. The van der Waals surface area contributed by atoms with Gasteiger partial charge in [-0.3, -0.25) is 14.4 Å². The molecule has 2 saturated heterocycles. The highest BCUT2D eigenvalue weighted by molar-refractivity contribution is 9.10. The second-order valence-corrected chi connectivity index (χ2v) is 8.47. The number of para-hydroxylation sites is 1. The van der Waals surface area contributed by atoms with E-state index in [1.54, 1.807) is 17.2 Å². The Morgan fingerprint density at radius 1 is 0.800 bits per heavy atom. The number of carbonyl (C=O) groups excluding carboxylic acids is 2. The third-order valence-corrected chi connectivity index (χ3v) is 6.16. The van der Waals surface area contributed by atoms with E-state index in [4.69, 9.17) is 4.84 Å². The van der Waals surface area contributed by atoms with Gasteiger partial charge in [-0.25, -0.2) is 9.96 Å². The lowest BCUT2D eigenvalue weighted by Gasteiger charge is -2.28. The normalized spacial score (nSPS) is 23.2. The molecule has 2 aliphatic rings. The van der Waals surface area contributed by atoms with Crippen LogP contribution in [0.15, 0.2) is 83.3 Å². The fourth-order valence-corrected chi connectivity index (χ4v) is 4.42. The lowest BCUT2D eigenvalue weighted by atomic mass is 9.90. The van der Waals surface area contributed by atoms with Crippen LogP contribution in [0.5, 0.6) is 0 Å². The molecule has 3 aromatic rings. The van der Waals surface area contributed by atoms with Gasteiger partial charge in [0.25, 0.3) is 5.91 Å². The Balaban J connectivity index is 1.58. The zero-order valence-corrected chi connectivity index (χ0v) is 17.8. The first kappa shape index (κ1) is 19.0. The fraction of sp³-hybridized carbons (Fsp3) is 0.167. The van der Waals surface area contributed by atoms with Crippen LogP contribution in [-0.4, -0.2) is 17.9 Å². The van der Waals surface area contributed by atoms with Crippen molar-refractivity contribution in [3.05, 3.63) is 94.5 Å². The molecule has 5 nitrogen and oxygen atoms in total. The lowest BCUT2D eigenvalue weighted by molar-refractivity contribution is -0.126. The van der Waals surface area contributed by atoms with Crippen molar-refractivity contribution in [2.45, 2.75) is 19.1 Å². The molecule has 2 aliphatic heterocycles. The summed E-state index contributed by atoms with van der Waals surface area (Å²) < 4.78 is 0.884. The molecular weight excluding hydrogens is 444 g/mol. The number of imide groups is 1. The Kier molecular flexibility index (Phi) is 4.68. The highest BCUT2D eigenvalue weighted by Gasteiger charge is 2.60. The topological polar surface area (TPSA) is 49.9 Å². The SMILES string of the molecule is Cc1ccc([C@H]2[C@@H]3C(=O)N(c4ccc(Br)cc4)C(=O)[C@@H]3ON2c2ccccc2)cc1. The molecule has 0 aliphatic carbocycles. The molecule has 2 heterocycles. The maximum absolute atomic E-state index is 13.5. The van der Waals surface area contributed by atoms with Crippen LogP contribution < -0.4 is 9.96 Å². The van der Waals surface area contributed by atoms with Crippen molar-refractivity contribution >= 4 is 39.1 Å². The van der Waals surface area contributed by atoms with Crippen LogP contribution in [-0.2, 0) is 14.4 Å². The third kappa shape index (κ3) is 3.04. The molecule has 0 saturated carbocycles. The Hall–Kier alpha value is -2.96. The van der Waals surface area contributed by atoms with Gasteiger partial charge in [-0.05, 0) is 48.9 Å². The summed E-state index contributed by atoms with van der Waals surface area (Å²) in [5, 5.41) is 1.72. The lowest BCUT2D eigenvalue weighted by Crippen LogP contribution is -2.37. The molecular formula is C24H19BrN2O3. The minimum absolute atomic E-state index is 0.240. The summed E-state index contributed by atoms with van der Waals surface area (Å²) in [6.45, 7) is 2.02. The second-order valence-electron chi connectivity index (χ2n) is 7.56. The third-order valence-electron chi connectivity index (χ3n) is 5.63. The Morgan fingerprint density at radius 3 is 2.13 bits per heavy atom. The van der Waals surface area contributed by atoms with Crippen LogP contribution >= 0.6 is 15.9 Å². The number of nitrogens with zero attached hydrogens (tertiary/aromatic N) is 2. The molecule has 0 bridgehead atoms. The van der Waals surface area contributed by atoms with Gasteiger partial charge in [0.1, 0.15) is 5.92 Å². The largest absolute Gasteiger partial charge is 0.273 e.